The van der Waals surface area contributed by atoms with Crippen LogP contribution in [0.3, 0.4) is 0 Å². The van der Waals surface area contributed by atoms with E-state index in [2.05, 4.69) is 27.7 Å². The molecule has 17 heavy (non-hydrogen) atoms. The van der Waals surface area contributed by atoms with E-state index in [1.54, 1.807) is 7.11 Å². The summed E-state index contributed by atoms with van der Waals surface area (Å²) >= 11 is 0. The van der Waals surface area contributed by atoms with Crippen LogP contribution in [0.1, 0.15) is 53.4 Å². The molecule has 0 aromatic rings. The van der Waals surface area contributed by atoms with Crippen molar-refractivity contribution < 1.29 is 9.47 Å². The summed E-state index contributed by atoms with van der Waals surface area (Å²) in [6.45, 7) is 11.0. The Bertz CT molecular complexity index is 193. The van der Waals surface area contributed by atoms with Crippen molar-refractivity contribution in [3.63, 3.8) is 0 Å². The molecule has 2 heteroatoms. The molecule has 0 aromatic heterocycles. The average molecular weight is 242 g/mol. The lowest BCUT2D eigenvalue weighted by Crippen LogP contribution is -2.39. The van der Waals surface area contributed by atoms with Crippen molar-refractivity contribution in [3.8, 4) is 0 Å². The van der Waals surface area contributed by atoms with Gasteiger partial charge in [0.25, 0.3) is 0 Å². The third-order valence-electron chi connectivity index (χ3n) is 4.80. The van der Waals surface area contributed by atoms with E-state index < -0.39 is 0 Å². The Hall–Kier alpha value is -0.0800. The molecule has 0 amide bonds. The smallest absolute Gasteiger partial charge is 0.0704 e. The van der Waals surface area contributed by atoms with Crippen LogP contribution in [0, 0.1) is 17.3 Å². The van der Waals surface area contributed by atoms with Gasteiger partial charge in [0.15, 0.2) is 0 Å². The van der Waals surface area contributed by atoms with Crippen LogP contribution in [0.4, 0.5) is 0 Å². The zero-order chi connectivity index (χ0) is 12.9. The van der Waals surface area contributed by atoms with Gasteiger partial charge in [-0.3, -0.25) is 0 Å². The van der Waals surface area contributed by atoms with Crippen molar-refractivity contribution in [2.45, 2.75) is 59.5 Å². The Labute approximate surface area is 107 Å². The van der Waals surface area contributed by atoms with E-state index in [1.807, 2.05) is 0 Å². The molecule has 0 aromatic carbocycles. The number of rotatable bonds is 6. The van der Waals surface area contributed by atoms with E-state index in [0.717, 1.165) is 25.0 Å². The fraction of sp³-hybridized carbons (Fsp3) is 1.00. The fourth-order valence-corrected chi connectivity index (χ4v) is 3.41. The molecular formula is C15H30O2. The Morgan fingerprint density at radius 2 is 1.53 bits per heavy atom. The number of methoxy groups -OCH3 is 1. The second-order valence-electron chi connectivity index (χ2n) is 6.11. The highest BCUT2D eigenvalue weighted by Gasteiger charge is 2.40. The lowest BCUT2D eigenvalue weighted by molar-refractivity contribution is -0.0469. The van der Waals surface area contributed by atoms with Crippen LogP contribution in [-0.2, 0) is 9.47 Å². The van der Waals surface area contributed by atoms with Gasteiger partial charge < -0.3 is 9.47 Å². The van der Waals surface area contributed by atoms with Gasteiger partial charge in [0.05, 0.1) is 19.3 Å². The van der Waals surface area contributed by atoms with Gasteiger partial charge in [0.1, 0.15) is 0 Å². The molecule has 1 fully saturated rings. The molecule has 1 rings (SSSR count). The molecule has 1 saturated carbocycles. The molecule has 1 aliphatic rings. The maximum absolute atomic E-state index is 5.85. The summed E-state index contributed by atoms with van der Waals surface area (Å²) < 4.78 is 10.9. The number of hydrogen-bond acceptors (Lipinski definition) is 2. The molecule has 102 valence electrons. The molecule has 0 saturated heterocycles. The Kier molecular flexibility index (Phi) is 5.94. The van der Waals surface area contributed by atoms with Gasteiger partial charge in [-0.1, -0.05) is 27.7 Å². The van der Waals surface area contributed by atoms with Gasteiger partial charge >= 0.3 is 0 Å². The van der Waals surface area contributed by atoms with Crippen LogP contribution in [0.5, 0.6) is 0 Å². The summed E-state index contributed by atoms with van der Waals surface area (Å²) in [5.41, 5.74) is 0.543. The Morgan fingerprint density at radius 3 is 1.94 bits per heavy atom. The predicted octanol–water partition coefficient (Wildman–Crippen LogP) is 3.89. The molecule has 0 radical (unpaired) electrons. The van der Waals surface area contributed by atoms with Gasteiger partial charge in [-0.25, -0.2) is 0 Å². The highest BCUT2D eigenvalue weighted by Crippen LogP contribution is 2.48. The van der Waals surface area contributed by atoms with E-state index in [1.165, 1.54) is 25.7 Å². The summed E-state index contributed by atoms with van der Waals surface area (Å²) in [6.07, 6.45) is 5.55. The molecule has 1 aliphatic carbocycles. The van der Waals surface area contributed by atoms with Crippen molar-refractivity contribution in [3.05, 3.63) is 0 Å². The number of ether oxygens (including phenoxy) is 2. The zero-order valence-electron chi connectivity index (χ0n) is 12.3. The molecule has 0 N–H and O–H groups in total. The van der Waals surface area contributed by atoms with Crippen molar-refractivity contribution >= 4 is 0 Å². The summed E-state index contributed by atoms with van der Waals surface area (Å²) in [5, 5.41) is 0. The third-order valence-corrected chi connectivity index (χ3v) is 4.80. The van der Waals surface area contributed by atoms with Gasteiger partial charge in [0, 0.05) is 7.11 Å². The van der Waals surface area contributed by atoms with E-state index in [-0.39, 0.29) is 0 Å². The summed E-state index contributed by atoms with van der Waals surface area (Å²) in [5.74, 6) is 1.56. The first-order chi connectivity index (χ1) is 8.03. The molecule has 0 atom stereocenters. The number of hydrogen-bond donors (Lipinski definition) is 0. The first-order valence-corrected chi connectivity index (χ1v) is 7.13. The highest BCUT2D eigenvalue weighted by atomic mass is 16.5. The quantitative estimate of drug-likeness (QED) is 0.658. The lowest BCUT2D eigenvalue weighted by atomic mass is 9.60. The van der Waals surface area contributed by atoms with Crippen molar-refractivity contribution in [1.82, 2.24) is 0 Å². The molecule has 0 bridgehead atoms. The molecule has 0 aliphatic heterocycles. The lowest BCUT2D eigenvalue weighted by Gasteiger charge is -2.46. The van der Waals surface area contributed by atoms with Crippen LogP contribution in [0.25, 0.3) is 0 Å². The maximum atomic E-state index is 5.85. The fourth-order valence-electron chi connectivity index (χ4n) is 3.41. The highest BCUT2D eigenvalue weighted by molar-refractivity contribution is 4.90. The van der Waals surface area contributed by atoms with Crippen molar-refractivity contribution in [2.24, 2.45) is 17.3 Å². The topological polar surface area (TPSA) is 18.5 Å². The van der Waals surface area contributed by atoms with Crippen LogP contribution < -0.4 is 0 Å². The first-order valence-electron chi connectivity index (χ1n) is 7.13. The van der Waals surface area contributed by atoms with E-state index in [0.29, 0.717) is 11.5 Å². The van der Waals surface area contributed by atoms with Crippen LogP contribution in [0.15, 0.2) is 0 Å². The summed E-state index contributed by atoms with van der Waals surface area (Å²) in [4.78, 5) is 0. The Balaban J connectivity index is 2.42. The van der Waals surface area contributed by atoms with Gasteiger partial charge in [-0.2, -0.15) is 0 Å². The van der Waals surface area contributed by atoms with Gasteiger partial charge in [-0.15, -0.1) is 0 Å². The predicted molar refractivity (Wildman–Crippen MR) is 72.2 cm³/mol. The van der Waals surface area contributed by atoms with E-state index in [9.17, 15) is 0 Å². The minimum Gasteiger partial charge on any atom is -0.382 e. The molecular weight excluding hydrogens is 212 g/mol. The maximum Gasteiger partial charge on any atom is 0.0704 e. The standard InChI is InChI=1S/C15H30O2/c1-12(2)15(13(3)4)8-6-14(7-9-15)17-11-10-16-5/h12-14H,6-11H2,1-5H3. The summed E-state index contributed by atoms with van der Waals surface area (Å²) in [7, 11) is 1.73. The van der Waals surface area contributed by atoms with E-state index in [4.69, 9.17) is 9.47 Å². The average Bonchev–Trinajstić information content (AvgIpc) is 2.29. The normalized spacial score (nSPS) is 21.4. The molecule has 2 nitrogen and oxygen atoms in total. The summed E-state index contributed by atoms with van der Waals surface area (Å²) in [6, 6.07) is 0. The van der Waals surface area contributed by atoms with Crippen molar-refractivity contribution in [2.75, 3.05) is 20.3 Å². The van der Waals surface area contributed by atoms with Crippen LogP contribution >= 0.6 is 0 Å². The minimum absolute atomic E-state index is 0.468. The molecule has 0 heterocycles. The van der Waals surface area contributed by atoms with Gasteiger partial charge in [-0.05, 0) is 42.9 Å². The Morgan fingerprint density at radius 1 is 1.00 bits per heavy atom. The first kappa shape index (κ1) is 15.0. The molecule has 0 spiro atoms. The van der Waals surface area contributed by atoms with Crippen molar-refractivity contribution in [1.29, 1.82) is 0 Å². The largest absolute Gasteiger partial charge is 0.382 e. The van der Waals surface area contributed by atoms with E-state index >= 15 is 0 Å². The monoisotopic (exact) mass is 242 g/mol. The van der Waals surface area contributed by atoms with Crippen LogP contribution in [-0.4, -0.2) is 26.4 Å². The third kappa shape index (κ3) is 3.69. The minimum atomic E-state index is 0.468. The second kappa shape index (κ2) is 6.75. The SMILES string of the molecule is COCCOC1CCC(C(C)C)(C(C)C)CC1. The second-order valence-corrected chi connectivity index (χ2v) is 6.11. The molecule has 0 unspecified atom stereocenters. The van der Waals surface area contributed by atoms with Crippen LogP contribution in [0.2, 0.25) is 0 Å². The zero-order valence-corrected chi connectivity index (χ0v) is 12.3. The van der Waals surface area contributed by atoms with Gasteiger partial charge in [0.2, 0.25) is 0 Å².